The Balaban J connectivity index is 2.22. The molecule has 1 aromatic rings. The van der Waals surface area contributed by atoms with Crippen molar-refractivity contribution < 1.29 is 9.59 Å². The van der Waals surface area contributed by atoms with E-state index in [1.165, 1.54) is 24.6 Å². The number of nitrogens with zero attached hydrogens (tertiary/aromatic N) is 5. The lowest BCUT2D eigenvalue weighted by molar-refractivity contribution is -0.129. The molecule has 0 radical (unpaired) electrons. The van der Waals surface area contributed by atoms with Crippen molar-refractivity contribution in [2.75, 3.05) is 27.7 Å². The van der Waals surface area contributed by atoms with E-state index < -0.39 is 17.9 Å². The maximum absolute atomic E-state index is 12.1. The van der Waals surface area contributed by atoms with Crippen LogP contribution in [0.1, 0.15) is 18.1 Å². The largest absolute Gasteiger partial charge is 0.331 e. The number of hydrogen-bond acceptors (Lipinski definition) is 5. The Morgan fingerprint density at radius 3 is 2.56 bits per heavy atom. The monoisotopic (exact) mass is 341 g/mol. The van der Waals surface area contributed by atoms with E-state index in [0.717, 1.165) is 23.6 Å². The van der Waals surface area contributed by atoms with Crippen LogP contribution in [0, 0.1) is 17.2 Å². The van der Waals surface area contributed by atoms with Gasteiger partial charge in [-0.3, -0.25) is 19.6 Å². The standard InChI is InChI=1S/C18H23N5O2/c1-5-21(2)12-14-8-6-7-13(9-14)11-20-16-15(10-19)17(24)23(4)18(25)22(16)3/h6-9,15H,5,11-12H2,1-4H3. The van der Waals surface area contributed by atoms with E-state index in [4.69, 9.17) is 0 Å². The van der Waals surface area contributed by atoms with Gasteiger partial charge >= 0.3 is 6.03 Å². The molecule has 3 amide bonds. The van der Waals surface area contributed by atoms with Crippen LogP contribution in [0.5, 0.6) is 0 Å². The summed E-state index contributed by atoms with van der Waals surface area (Å²) >= 11 is 0. The van der Waals surface area contributed by atoms with Crippen LogP contribution in [-0.2, 0) is 17.9 Å². The highest BCUT2D eigenvalue weighted by Crippen LogP contribution is 2.17. The summed E-state index contributed by atoms with van der Waals surface area (Å²) in [6, 6.07) is 9.48. The molecule has 132 valence electrons. The molecule has 1 aliphatic heterocycles. The first-order valence-corrected chi connectivity index (χ1v) is 8.14. The normalized spacial score (nSPS) is 19.7. The van der Waals surface area contributed by atoms with Crippen LogP contribution < -0.4 is 0 Å². The van der Waals surface area contributed by atoms with Gasteiger partial charge in [0.2, 0.25) is 0 Å². The van der Waals surface area contributed by atoms with Crippen LogP contribution in [-0.4, -0.2) is 60.2 Å². The second-order valence-electron chi connectivity index (χ2n) is 6.13. The number of rotatable bonds is 5. The van der Waals surface area contributed by atoms with E-state index in [1.807, 2.05) is 18.2 Å². The van der Waals surface area contributed by atoms with Gasteiger partial charge in [-0.25, -0.2) is 4.79 Å². The number of amidine groups is 1. The Morgan fingerprint density at radius 2 is 1.92 bits per heavy atom. The lowest BCUT2D eigenvalue weighted by Crippen LogP contribution is -2.56. The third kappa shape index (κ3) is 4.03. The first kappa shape index (κ1) is 18.6. The van der Waals surface area contributed by atoms with E-state index in [9.17, 15) is 14.9 Å². The predicted octanol–water partition coefficient (Wildman–Crippen LogP) is 1.70. The minimum absolute atomic E-state index is 0.201. The molecule has 1 atom stereocenters. The van der Waals surface area contributed by atoms with Crippen LogP contribution in [0.15, 0.2) is 29.3 Å². The lowest BCUT2D eigenvalue weighted by Gasteiger charge is -2.32. The Hall–Kier alpha value is -2.72. The topological polar surface area (TPSA) is 80.0 Å². The molecule has 0 N–H and O–H groups in total. The van der Waals surface area contributed by atoms with E-state index in [2.05, 4.69) is 36.0 Å². The predicted molar refractivity (Wildman–Crippen MR) is 94.6 cm³/mol. The van der Waals surface area contributed by atoms with E-state index in [1.54, 1.807) is 0 Å². The van der Waals surface area contributed by atoms with E-state index >= 15 is 0 Å². The van der Waals surface area contributed by atoms with Crippen molar-refractivity contribution in [2.24, 2.45) is 10.9 Å². The first-order chi connectivity index (χ1) is 11.9. The molecule has 1 heterocycles. The summed E-state index contributed by atoms with van der Waals surface area (Å²) < 4.78 is 0. The van der Waals surface area contributed by atoms with Gasteiger partial charge < -0.3 is 4.90 Å². The molecule has 7 heteroatoms. The van der Waals surface area contributed by atoms with Crippen molar-refractivity contribution >= 4 is 17.8 Å². The number of hydrogen-bond donors (Lipinski definition) is 0. The molecule has 2 rings (SSSR count). The average Bonchev–Trinajstić information content (AvgIpc) is 2.62. The molecule has 0 spiro atoms. The average molecular weight is 341 g/mol. The van der Waals surface area contributed by atoms with Crippen molar-refractivity contribution in [3.63, 3.8) is 0 Å². The third-order valence-corrected chi connectivity index (χ3v) is 4.29. The van der Waals surface area contributed by atoms with Gasteiger partial charge in [-0.15, -0.1) is 0 Å². The number of benzene rings is 1. The van der Waals surface area contributed by atoms with Gasteiger partial charge in [0.25, 0.3) is 5.91 Å². The van der Waals surface area contributed by atoms with Crippen LogP contribution in [0.2, 0.25) is 0 Å². The fourth-order valence-corrected chi connectivity index (χ4v) is 2.65. The highest BCUT2D eigenvalue weighted by atomic mass is 16.2. The van der Waals surface area contributed by atoms with Gasteiger partial charge in [0.15, 0.2) is 5.92 Å². The third-order valence-electron chi connectivity index (χ3n) is 4.29. The van der Waals surface area contributed by atoms with Crippen molar-refractivity contribution in [1.82, 2.24) is 14.7 Å². The van der Waals surface area contributed by atoms with Crippen LogP contribution in [0.4, 0.5) is 4.79 Å². The molecule has 1 unspecified atom stereocenters. The molecule has 1 aromatic carbocycles. The summed E-state index contributed by atoms with van der Waals surface area (Å²) in [7, 11) is 4.95. The molecule has 7 nitrogen and oxygen atoms in total. The second-order valence-corrected chi connectivity index (χ2v) is 6.13. The number of amides is 3. The fourth-order valence-electron chi connectivity index (χ4n) is 2.65. The maximum Gasteiger partial charge on any atom is 0.331 e. The number of urea groups is 1. The molecular weight excluding hydrogens is 318 g/mol. The minimum Gasteiger partial charge on any atom is -0.302 e. The summed E-state index contributed by atoms with van der Waals surface area (Å²) in [6.45, 7) is 4.20. The Bertz CT molecular complexity index is 737. The van der Waals surface area contributed by atoms with Gasteiger partial charge in [0, 0.05) is 20.6 Å². The fraction of sp³-hybridized carbons (Fsp3) is 0.444. The van der Waals surface area contributed by atoms with Gasteiger partial charge in [-0.05, 0) is 24.7 Å². The van der Waals surface area contributed by atoms with E-state index in [0.29, 0.717) is 6.54 Å². The zero-order valence-electron chi connectivity index (χ0n) is 15.1. The molecule has 0 aliphatic carbocycles. The molecule has 1 aliphatic rings. The highest BCUT2D eigenvalue weighted by Gasteiger charge is 2.40. The van der Waals surface area contributed by atoms with Gasteiger partial charge in [-0.2, -0.15) is 5.26 Å². The summed E-state index contributed by atoms with van der Waals surface area (Å²) in [5.74, 6) is -1.39. The van der Waals surface area contributed by atoms with Gasteiger partial charge in [-0.1, -0.05) is 31.2 Å². The SMILES string of the molecule is CCN(C)Cc1cccc(CN=C2C(C#N)C(=O)N(C)C(=O)N2C)c1. The molecule has 25 heavy (non-hydrogen) atoms. The molecular formula is C18H23N5O2. The Morgan fingerprint density at radius 1 is 1.24 bits per heavy atom. The maximum atomic E-state index is 12.1. The van der Waals surface area contributed by atoms with Crippen molar-refractivity contribution in [3.05, 3.63) is 35.4 Å². The molecule has 0 aromatic heterocycles. The van der Waals surface area contributed by atoms with Crippen molar-refractivity contribution in [3.8, 4) is 6.07 Å². The number of carbonyl (C=O) groups excluding carboxylic acids is 2. The summed E-state index contributed by atoms with van der Waals surface area (Å²) in [4.78, 5) is 33.0. The van der Waals surface area contributed by atoms with Crippen molar-refractivity contribution in [1.29, 1.82) is 5.26 Å². The smallest absolute Gasteiger partial charge is 0.302 e. The van der Waals surface area contributed by atoms with Crippen LogP contribution in [0.25, 0.3) is 0 Å². The van der Waals surface area contributed by atoms with Gasteiger partial charge in [0.05, 0.1) is 12.6 Å². The number of imide groups is 1. The number of carbonyl (C=O) groups is 2. The van der Waals surface area contributed by atoms with Crippen LogP contribution in [0.3, 0.4) is 0 Å². The summed E-state index contributed by atoms with van der Waals surface area (Å²) in [5, 5.41) is 9.30. The lowest BCUT2D eigenvalue weighted by atomic mass is 10.1. The minimum atomic E-state index is -1.05. The highest BCUT2D eigenvalue weighted by molar-refractivity contribution is 6.19. The molecule has 0 bridgehead atoms. The zero-order chi connectivity index (χ0) is 18.6. The Kier molecular flexibility index (Phi) is 5.88. The summed E-state index contributed by atoms with van der Waals surface area (Å²) in [5.41, 5.74) is 2.14. The molecule has 0 saturated carbocycles. The van der Waals surface area contributed by atoms with Crippen LogP contribution >= 0.6 is 0 Å². The molecule has 1 saturated heterocycles. The number of aliphatic imine (C=N–C) groups is 1. The number of nitriles is 1. The molecule has 1 fully saturated rings. The zero-order valence-corrected chi connectivity index (χ0v) is 15.1. The van der Waals surface area contributed by atoms with Gasteiger partial charge in [0.1, 0.15) is 5.84 Å². The Labute approximate surface area is 148 Å². The quantitative estimate of drug-likeness (QED) is 0.816. The van der Waals surface area contributed by atoms with E-state index in [-0.39, 0.29) is 5.84 Å². The first-order valence-electron chi connectivity index (χ1n) is 8.14. The summed E-state index contributed by atoms with van der Waals surface area (Å²) in [6.07, 6.45) is 0. The van der Waals surface area contributed by atoms with Crippen molar-refractivity contribution in [2.45, 2.75) is 20.0 Å². The second kappa shape index (κ2) is 7.90.